The monoisotopic (exact) mass is 431 g/mol. The van der Waals surface area contributed by atoms with Crippen molar-refractivity contribution in [1.29, 1.82) is 0 Å². The minimum Gasteiger partial charge on any atom is -0.494 e. The molecule has 1 saturated heterocycles. The fraction of sp³-hybridized carbons (Fsp3) is 0.308. The van der Waals surface area contributed by atoms with E-state index in [1.165, 1.54) is 6.07 Å². The summed E-state index contributed by atoms with van der Waals surface area (Å²) >= 11 is 0. The molecule has 0 spiro atoms. The molecule has 0 bridgehead atoms. The molecular formula is C26H26FN3O2. The molecule has 0 saturated carbocycles. The van der Waals surface area contributed by atoms with Crippen LogP contribution in [0.15, 0.2) is 59.6 Å². The third-order valence-electron chi connectivity index (χ3n) is 6.27. The van der Waals surface area contributed by atoms with Gasteiger partial charge in [0.2, 0.25) is 0 Å². The van der Waals surface area contributed by atoms with Gasteiger partial charge in [-0.05, 0) is 49.7 Å². The number of unbranched alkanes of at least 4 members (excludes halogenated alkanes) is 1. The first-order valence-corrected chi connectivity index (χ1v) is 11.2. The van der Waals surface area contributed by atoms with Crippen LogP contribution >= 0.6 is 0 Å². The highest BCUT2D eigenvalue weighted by Gasteiger charge is 2.19. The zero-order valence-electron chi connectivity index (χ0n) is 18.0. The van der Waals surface area contributed by atoms with Gasteiger partial charge in [0.05, 0.1) is 12.2 Å². The number of carbonyl (C=O) groups is 1. The number of aliphatic imine (C=N–C) groups is 1. The van der Waals surface area contributed by atoms with Crippen LogP contribution in [0, 0.1) is 5.82 Å². The average Bonchev–Trinajstić information content (AvgIpc) is 3.19. The largest absolute Gasteiger partial charge is 0.494 e. The number of ether oxygens (including phenoxy) is 1. The number of anilines is 1. The summed E-state index contributed by atoms with van der Waals surface area (Å²) in [5.74, 6) is 0.441. The Balaban J connectivity index is 1.06. The number of nitrogens with zero attached hydrogens (tertiary/aromatic N) is 3. The molecule has 0 atom stereocenters. The third-order valence-corrected chi connectivity index (χ3v) is 6.27. The Bertz CT molecular complexity index is 1170. The summed E-state index contributed by atoms with van der Waals surface area (Å²) in [6.45, 7) is 5.61. The van der Waals surface area contributed by atoms with Crippen molar-refractivity contribution >= 4 is 28.6 Å². The molecule has 0 unspecified atom stereocenters. The number of fused-ring (bicyclic) bond motifs is 2. The maximum Gasteiger partial charge on any atom is 0.277 e. The molecule has 0 aliphatic carbocycles. The van der Waals surface area contributed by atoms with E-state index >= 15 is 0 Å². The van der Waals surface area contributed by atoms with Crippen LogP contribution in [0.25, 0.3) is 10.8 Å². The molecule has 5 rings (SSSR count). The molecule has 0 radical (unpaired) electrons. The second-order valence-electron chi connectivity index (χ2n) is 8.31. The maximum atomic E-state index is 14.1. The van der Waals surface area contributed by atoms with Crippen LogP contribution in [0.3, 0.4) is 0 Å². The standard InChI is InChI=1S/C26H26FN3O2/c27-24-7-3-6-23-22(24)5-4-8-25(23)30-14-12-29(13-15-30)11-1-2-16-32-20-9-10-21-19(17-20)18-28-26(21)31/h3-10,17-18H,1-2,11-16H2. The normalized spacial score (nSPS) is 16.0. The maximum absolute atomic E-state index is 14.1. The second kappa shape index (κ2) is 9.09. The fourth-order valence-electron chi connectivity index (χ4n) is 4.50. The van der Waals surface area contributed by atoms with Gasteiger partial charge in [-0.1, -0.05) is 24.3 Å². The Hall–Kier alpha value is -3.25. The molecule has 0 aromatic heterocycles. The van der Waals surface area contributed by atoms with Gasteiger partial charge in [0.1, 0.15) is 11.6 Å². The highest BCUT2D eigenvalue weighted by Crippen LogP contribution is 2.29. The first kappa shape index (κ1) is 20.6. The molecule has 6 heteroatoms. The van der Waals surface area contributed by atoms with Gasteiger partial charge in [-0.2, -0.15) is 0 Å². The number of hydrogen-bond donors (Lipinski definition) is 0. The lowest BCUT2D eigenvalue weighted by Gasteiger charge is -2.36. The van der Waals surface area contributed by atoms with Crippen molar-refractivity contribution in [3.05, 3.63) is 71.5 Å². The van der Waals surface area contributed by atoms with E-state index in [4.69, 9.17) is 4.74 Å². The van der Waals surface area contributed by atoms with Crippen molar-refractivity contribution in [2.24, 2.45) is 4.99 Å². The summed E-state index contributed by atoms with van der Waals surface area (Å²) < 4.78 is 20.0. The number of hydrogen-bond acceptors (Lipinski definition) is 4. The Labute approximate surface area is 187 Å². The van der Waals surface area contributed by atoms with Gasteiger partial charge in [-0.25, -0.2) is 9.38 Å². The number of rotatable bonds is 7. The first-order chi connectivity index (χ1) is 15.7. The smallest absolute Gasteiger partial charge is 0.277 e. The van der Waals surface area contributed by atoms with E-state index in [1.54, 1.807) is 18.3 Å². The van der Waals surface area contributed by atoms with Gasteiger partial charge >= 0.3 is 0 Å². The van der Waals surface area contributed by atoms with Crippen molar-refractivity contribution in [1.82, 2.24) is 4.90 Å². The van der Waals surface area contributed by atoms with E-state index in [1.807, 2.05) is 30.3 Å². The molecule has 1 amide bonds. The van der Waals surface area contributed by atoms with Gasteiger partial charge in [-0.3, -0.25) is 9.69 Å². The number of halogens is 1. The number of amides is 1. The summed E-state index contributed by atoms with van der Waals surface area (Å²) in [4.78, 5) is 20.2. The van der Waals surface area contributed by atoms with Crippen molar-refractivity contribution in [2.75, 3.05) is 44.2 Å². The summed E-state index contributed by atoms with van der Waals surface area (Å²) in [7, 11) is 0. The summed E-state index contributed by atoms with van der Waals surface area (Å²) in [5, 5.41) is 1.68. The SMILES string of the molecule is O=C1N=Cc2cc(OCCCCN3CCN(c4cccc5c(F)cccc45)CC3)ccc21. The number of benzene rings is 3. The lowest BCUT2D eigenvalue weighted by atomic mass is 10.1. The Morgan fingerprint density at radius 2 is 1.75 bits per heavy atom. The predicted molar refractivity (Wildman–Crippen MR) is 126 cm³/mol. The van der Waals surface area contributed by atoms with Crippen LogP contribution in [0.5, 0.6) is 5.75 Å². The summed E-state index contributed by atoms with van der Waals surface area (Å²) in [6, 6.07) is 16.7. The van der Waals surface area contributed by atoms with E-state index in [-0.39, 0.29) is 11.7 Å². The molecule has 32 heavy (non-hydrogen) atoms. The Morgan fingerprint density at radius 1 is 0.938 bits per heavy atom. The highest BCUT2D eigenvalue weighted by molar-refractivity contribution is 6.13. The van der Waals surface area contributed by atoms with Crippen LogP contribution in [0.2, 0.25) is 0 Å². The molecule has 3 aromatic rings. The molecule has 1 fully saturated rings. The topological polar surface area (TPSA) is 45.1 Å². The highest BCUT2D eigenvalue weighted by atomic mass is 19.1. The van der Waals surface area contributed by atoms with Crippen molar-refractivity contribution < 1.29 is 13.9 Å². The van der Waals surface area contributed by atoms with Gasteiger partial charge < -0.3 is 9.64 Å². The van der Waals surface area contributed by atoms with Gasteiger partial charge in [0.15, 0.2) is 0 Å². The van der Waals surface area contributed by atoms with E-state index in [2.05, 4.69) is 20.9 Å². The van der Waals surface area contributed by atoms with Crippen molar-refractivity contribution in [3.63, 3.8) is 0 Å². The molecule has 5 nitrogen and oxygen atoms in total. The van der Waals surface area contributed by atoms with Crippen LogP contribution in [-0.2, 0) is 0 Å². The van der Waals surface area contributed by atoms with E-state index in [0.717, 1.165) is 68.0 Å². The molecule has 164 valence electrons. The zero-order valence-corrected chi connectivity index (χ0v) is 18.0. The van der Waals surface area contributed by atoms with Crippen LogP contribution in [0.1, 0.15) is 28.8 Å². The Kier molecular flexibility index (Phi) is 5.86. The van der Waals surface area contributed by atoms with Gasteiger partial charge in [-0.15, -0.1) is 0 Å². The van der Waals surface area contributed by atoms with Crippen LogP contribution < -0.4 is 9.64 Å². The zero-order chi connectivity index (χ0) is 21.9. The average molecular weight is 432 g/mol. The quantitative estimate of drug-likeness (QED) is 0.516. The second-order valence-corrected chi connectivity index (χ2v) is 8.31. The molecule has 3 aromatic carbocycles. The minimum atomic E-state index is -0.181. The lowest BCUT2D eigenvalue weighted by Crippen LogP contribution is -2.46. The van der Waals surface area contributed by atoms with Gasteiger partial charge in [0, 0.05) is 54.4 Å². The van der Waals surface area contributed by atoms with E-state index in [0.29, 0.717) is 17.6 Å². The molecule has 0 N–H and O–H groups in total. The summed E-state index contributed by atoms with van der Waals surface area (Å²) in [5.41, 5.74) is 2.60. The Morgan fingerprint density at radius 3 is 2.62 bits per heavy atom. The third kappa shape index (κ3) is 4.23. The van der Waals surface area contributed by atoms with Crippen LogP contribution in [0.4, 0.5) is 10.1 Å². The molecule has 2 aliphatic rings. The minimum absolute atomic E-state index is 0.160. The van der Waals surface area contributed by atoms with Crippen molar-refractivity contribution in [3.8, 4) is 5.75 Å². The number of carbonyl (C=O) groups excluding carboxylic acids is 1. The van der Waals surface area contributed by atoms with Gasteiger partial charge in [0.25, 0.3) is 5.91 Å². The van der Waals surface area contributed by atoms with E-state index < -0.39 is 0 Å². The predicted octanol–water partition coefficient (Wildman–Crippen LogP) is 4.53. The summed E-state index contributed by atoms with van der Waals surface area (Å²) in [6.07, 6.45) is 3.65. The first-order valence-electron chi connectivity index (χ1n) is 11.2. The molecular weight excluding hydrogens is 405 g/mol. The molecule has 2 aliphatic heterocycles. The van der Waals surface area contributed by atoms with Crippen LogP contribution in [-0.4, -0.2) is 56.4 Å². The van der Waals surface area contributed by atoms with E-state index in [9.17, 15) is 9.18 Å². The fourth-order valence-corrected chi connectivity index (χ4v) is 4.50. The number of piperazine rings is 1. The lowest BCUT2D eigenvalue weighted by molar-refractivity contribution is 0.101. The molecule has 2 heterocycles. The van der Waals surface area contributed by atoms with Crippen molar-refractivity contribution in [2.45, 2.75) is 12.8 Å².